The fourth-order valence-electron chi connectivity index (χ4n) is 1.43. The van der Waals surface area contributed by atoms with Gasteiger partial charge in [0, 0.05) is 12.7 Å². The molecule has 0 saturated heterocycles. The number of carbonyl (C=O) groups is 1. The Bertz CT molecular complexity index is 373. The van der Waals surface area contributed by atoms with Gasteiger partial charge in [0.05, 0.1) is 10.2 Å². The summed E-state index contributed by atoms with van der Waals surface area (Å²) in [4.78, 5) is 21.6. The van der Waals surface area contributed by atoms with Gasteiger partial charge >= 0.3 is 5.97 Å². The Balaban J connectivity index is 2.78. The molecule has 0 fully saturated rings. The lowest BCUT2D eigenvalue weighted by Crippen LogP contribution is -2.33. The molecule has 0 N–H and O–H groups in total. The summed E-state index contributed by atoms with van der Waals surface area (Å²) in [5, 5.41) is 0. The van der Waals surface area contributed by atoms with Gasteiger partial charge in [0.15, 0.2) is 0 Å². The molecule has 0 aliphatic carbocycles. The first-order valence-corrected chi connectivity index (χ1v) is 6.63. The largest absolute Gasteiger partial charge is 0.465 e. The van der Waals surface area contributed by atoms with E-state index in [2.05, 4.69) is 39.5 Å². The second-order valence-electron chi connectivity index (χ2n) is 3.42. The van der Waals surface area contributed by atoms with Gasteiger partial charge < -0.3 is 9.64 Å². The number of hydrogen-bond acceptors (Lipinski definition) is 5. The summed E-state index contributed by atoms with van der Waals surface area (Å²) in [6.07, 6.45) is 4.17. The van der Waals surface area contributed by atoms with E-state index in [0.29, 0.717) is 6.61 Å². The Kier molecular flexibility index (Phi) is 6.17. The molecule has 0 aromatic carbocycles. The number of hydrogen-bond donors (Lipinski definition) is 0. The standard InChI is InChI=1S/C11H16IN3O2/c1-3-5-15(7-10(16)17-4-2)11-9(12)6-13-8-14-11/h6,8H,3-5,7H2,1-2H3. The van der Waals surface area contributed by atoms with E-state index in [1.54, 1.807) is 13.1 Å². The highest BCUT2D eigenvalue weighted by atomic mass is 127. The number of nitrogens with zero attached hydrogens (tertiary/aromatic N) is 3. The third kappa shape index (κ3) is 4.45. The van der Waals surface area contributed by atoms with Crippen molar-refractivity contribution in [3.05, 3.63) is 16.1 Å². The van der Waals surface area contributed by atoms with Gasteiger partial charge in [-0.2, -0.15) is 0 Å². The van der Waals surface area contributed by atoms with Gasteiger partial charge in [0.2, 0.25) is 0 Å². The minimum absolute atomic E-state index is 0.227. The molecule has 1 rings (SSSR count). The molecule has 0 saturated carbocycles. The van der Waals surface area contributed by atoms with Crippen molar-refractivity contribution in [1.82, 2.24) is 9.97 Å². The molecule has 0 amide bonds. The first kappa shape index (κ1) is 14.1. The maximum absolute atomic E-state index is 11.5. The van der Waals surface area contributed by atoms with Gasteiger partial charge in [-0.25, -0.2) is 9.97 Å². The highest BCUT2D eigenvalue weighted by Crippen LogP contribution is 2.18. The average molecular weight is 349 g/mol. The third-order valence-corrected chi connectivity index (χ3v) is 2.83. The van der Waals surface area contributed by atoms with E-state index in [1.165, 1.54) is 6.33 Å². The van der Waals surface area contributed by atoms with Crippen LogP contribution < -0.4 is 4.90 Å². The number of esters is 1. The summed E-state index contributed by atoms with van der Waals surface area (Å²) in [6, 6.07) is 0. The minimum Gasteiger partial charge on any atom is -0.465 e. The summed E-state index contributed by atoms with van der Waals surface area (Å²) in [6.45, 7) is 5.27. The molecule has 0 radical (unpaired) electrons. The van der Waals surface area contributed by atoms with Crippen LogP contribution in [-0.2, 0) is 9.53 Å². The SMILES string of the molecule is CCCN(CC(=O)OCC)c1ncncc1I. The van der Waals surface area contributed by atoms with Crippen molar-refractivity contribution in [3.63, 3.8) is 0 Å². The van der Waals surface area contributed by atoms with E-state index >= 15 is 0 Å². The van der Waals surface area contributed by atoms with Crippen LogP contribution in [-0.4, -0.2) is 35.6 Å². The normalized spacial score (nSPS) is 10.1. The van der Waals surface area contributed by atoms with Gasteiger partial charge in [-0.3, -0.25) is 4.79 Å². The Morgan fingerprint density at radius 1 is 1.53 bits per heavy atom. The summed E-state index contributed by atoms with van der Waals surface area (Å²) in [5.74, 6) is 0.561. The third-order valence-electron chi connectivity index (χ3n) is 2.07. The van der Waals surface area contributed by atoms with Crippen LogP contribution in [0, 0.1) is 3.57 Å². The average Bonchev–Trinajstić information content (AvgIpc) is 2.29. The molecule has 0 aliphatic rings. The molecule has 5 nitrogen and oxygen atoms in total. The van der Waals surface area contributed by atoms with Crippen LogP contribution in [0.5, 0.6) is 0 Å². The number of aromatic nitrogens is 2. The van der Waals surface area contributed by atoms with Crippen molar-refractivity contribution >= 4 is 34.4 Å². The van der Waals surface area contributed by atoms with Crippen molar-refractivity contribution in [2.45, 2.75) is 20.3 Å². The zero-order valence-electron chi connectivity index (χ0n) is 10.0. The van der Waals surface area contributed by atoms with Gasteiger partial charge in [-0.15, -0.1) is 0 Å². The molecular formula is C11H16IN3O2. The van der Waals surface area contributed by atoms with Crippen molar-refractivity contribution in [1.29, 1.82) is 0 Å². The molecule has 0 aliphatic heterocycles. The lowest BCUT2D eigenvalue weighted by atomic mass is 10.4. The maximum Gasteiger partial charge on any atom is 0.325 e. The lowest BCUT2D eigenvalue weighted by Gasteiger charge is -2.22. The van der Waals surface area contributed by atoms with Crippen LogP contribution >= 0.6 is 22.6 Å². The van der Waals surface area contributed by atoms with Crippen LogP contribution in [0.15, 0.2) is 12.5 Å². The van der Waals surface area contributed by atoms with E-state index in [-0.39, 0.29) is 12.5 Å². The van der Waals surface area contributed by atoms with Gasteiger partial charge in [0.25, 0.3) is 0 Å². The highest BCUT2D eigenvalue weighted by Gasteiger charge is 2.15. The van der Waals surface area contributed by atoms with E-state index in [1.807, 2.05) is 4.90 Å². The Hall–Kier alpha value is -0.920. The molecule has 1 aromatic heterocycles. The quantitative estimate of drug-likeness (QED) is 0.580. The van der Waals surface area contributed by atoms with Crippen molar-refractivity contribution < 1.29 is 9.53 Å². The molecule has 0 atom stereocenters. The van der Waals surface area contributed by atoms with E-state index in [4.69, 9.17) is 4.74 Å². The summed E-state index contributed by atoms with van der Waals surface area (Å²) in [5.41, 5.74) is 0. The van der Waals surface area contributed by atoms with Crippen LogP contribution in [0.4, 0.5) is 5.82 Å². The van der Waals surface area contributed by atoms with Crippen molar-refractivity contribution in [2.75, 3.05) is 24.6 Å². The zero-order chi connectivity index (χ0) is 12.7. The molecule has 0 bridgehead atoms. The zero-order valence-corrected chi connectivity index (χ0v) is 12.2. The van der Waals surface area contributed by atoms with E-state index in [0.717, 1.165) is 22.4 Å². The van der Waals surface area contributed by atoms with Gasteiger partial charge in [0.1, 0.15) is 18.7 Å². The number of carbonyl (C=O) groups excluding carboxylic acids is 1. The smallest absolute Gasteiger partial charge is 0.325 e. The molecule has 17 heavy (non-hydrogen) atoms. The molecule has 0 spiro atoms. The molecule has 94 valence electrons. The monoisotopic (exact) mass is 349 g/mol. The Morgan fingerprint density at radius 3 is 2.88 bits per heavy atom. The Morgan fingerprint density at radius 2 is 2.29 bits per heavy atom. The molecule has 1 heterocycles. The molecule has 0 unspecified atom stereocenters. The van der Waals surface area contributed by atoms with Crippen LogP contribution in [0.25, 0.3) is 0 Å². The summed E-state index contributed by atoms with van der Waals surface area (Å²) in [7, 11) is 0. The van der Waals surface area contributed by atoms with E-state index < -0.39 is 0 Å². The van der Waals surface area contributed by atoms with Crippen LogP contribution in [0.3, 0.4) is 0 Å². The van der Waals surface area contributed by atoms with E-state index in [9.17, 15) is 4.79 Å². The Labute approximate surface area is 115 Å². The predicted octanol–water partition coefficient (Wildman–Crippen LogP) is 1.86. The molecule has 1 aromatic rings. The van der Waals surface area contributed by atoms with Crippen molar-refractivity contribution in [2.24, 2.45) is 0 Å². The maximum atomic E-state index is 11.5. The van der Waals surface area contributed by atoms with Crippen molar-refractivity contribution in [3.8, 4) is 0 Å². The number of halogens is 1. The number of anilines is 1. The first-order valence-electron chi connectivity index (χ1n) is 5.55. The highest BCUT2D eigenvalue weighted by molar-refractivity contribution is 14.1. The second-order valence-corrected chi connectivity index (χ2v) is 4.58. The first-order chi connectivity index (χ1) is 8.19. The molecular weight excluding hydrogens is 333 g/mol. The fourth-order valence-corrected chi connectivity index (χ4v) is 2.07. The number of ether oxygens (including phenoxy) is 1. The fraction of sp³-hybridized carbons (Fsp3) is 0.545. The van der Waals surface area contributed by atoms with Crippen LogP contribution in [0.2, 0.25) is 0 Å². The summed E-state index contributed by atoms with van der Waals surface area (Å²) >= 11 is 2.16. The second kappa shape index (κ2) is 7.41. The predicted molar refractivity (Wildman–Crippen MR) is 73.9 cm³/mol. The topological polar surface area (TPSA) is 55.3 Å². The van der Waals surface area contributed by atoms with Crippen LogP contribution in [0.1, 0.15) is 20.3 Å². The minimum atomic E-state index is -0.227. The summed E-state index contributed by atoms with van der Waals surface area (Å²) < 4.78 is 5.89. The van der Waals surface area contributed by atoms with Gasteiger partial charge in [-0.1, -0.05) is 6.92 Å². The van der Waals surface area contributed by atoms with Gasteiger partial charge in [-0.05, 0) is 35.9 Å². The number of rotatable bonds is 6. The lowest BCUT2D eigenvalue weighted by molar-refractivity contribution is -0.141. The molecule has 6 heteroatoms.